The second-order valence-corrected chi connectivity index (χ2v) is 6.66. The van der Waals surface area contributed by atoms with E-state index < -0.39 is 0 Å². The molecule has 18 heavy (non-hydrogen) atoms. The maximum absolute atomic E-state index is 3.77. The summed E-state index contributed by atoms with van der Waals surface area (Å²) in [5.74, 6) is 1.01. The fourth-order valence-corrected chi connectivity index (χ4v) is 4.02. The van der Waals surface area contributed by atoms with Crippen molar-refractivity contribution < 1.29 is 0 Å². The molecule has 1 N–H and O–H groups in total. The molecule has 2 nitrogen and oxygen atoms in total. The SMILES string of the molecule is CCC1CCC(N(C)CC2(CC)CCCN2)CC1. The first-order valence-corrected chi connectivity index (χ1v) is 8.14. The highest BCUT2D eigenvalue weighted by Gasteiger charge is 2.34. The van der Waals surface area contributed by atoms with E-state index in [-0.39, 0.29) is 0 Å². The molecule has 0 amide bonds. The molecule has 106 valence electrons. The van der Waals surface area contributed by atoms with Crippen LogP contribution in [-0.2, 0) is 0 Å². The van der Waals surface area contributed by atoms with Gasteiger partial charge in [0.25, 0.3) is 0 Å². The van der Waals surface area contributed by atoms with Gasteiger partial charge in [-0.05, 0) is 64.5 Å². The molecule has 0 aromatic heterocycles. The van der Waals surface area contributed by atoms with Gasteiger partial charge in [0, 0.05) is 18.1 Å². The highest BCUT2D eigenvalue weighted by molar-refractivity contribution is 4.95. The molecule has 0 radical (unpaired) electrons. The molecule has 0 bridgehead atoms. The van der Waals surface area contributed by atoms with Gasteiger partial charge in [0.15, 0.2) is 0 Å². The first kappa shape index (κ1) is 14.3. The Morgan fingerprint density at radius 1 is 1.17 bits per heavy atom. The zero-order chi connectivity index (χ0) is 13.0. The number of rotatable bonds is 5. The molecule has 2 heteroatoms. The Kier molecular flexibility index (Phi) is 5.08. The smallest absolute Gasteiger partial charge is 0.0306 e. The van der Waals surface area contributed by atoms with E-state index in [1.807, 2.05) is 0 Å². The Balaban J connectivity index is 1.82. The number of hydrogen-bond acceptors (Lipinski definition) is 2. The number of nitrogens with one attached hydrogen (secondary N) is 1. The number of nitrogens with zero attached hydrogens (tertiary/aromatic N) is 1. The lowest BCUT2D eigenvalue weighted by atomic mass is 9.83. The van der Waals surface area contributed by atoms with Crippen molar-refractivity contribution in [3.05, 3.63) is 0 Å². The zero-order valence-corrected chi connectivity index (χ0v) is 12.7. The molecule has 1 saturated carbocycles. The van der Waals surface area contributed by atoms with Crippen LogP contribution in [0.2, 0.25) is 0 Å². The molecule has 1 heterocycles. The van der Waals surface area contributed by atoms with Crippen molar-refractivity contribution in [2.24, 2.45) is 5.92 Å². The van der Waals surface area contributed by atoms with Crippen molar-refractivity contribution in [3.63, 3.8) is 0 Å². The Morgan fingerprint density at radius 3 is 2.39 bits per heavy atom. The highest BCUT2D eigenvalue weighted by Crippen LogP contribution is 2.31. The molecule has 0 spiro atoms. The van der Waals surface area contributed by atoms with Crippen molar-refractivity contribution in [2.45, 2.75) is 76.8 Å². The standard InChI is InChI=1S/C16H32N2/c1-4-14-7-9-15(10-8-14)18(3)13-16(5-2)11-6-12-17-16/h14-15,17H,4-13H2,1-3H3. The Morgan fingerprint density at radius 2 is 1.89 bits per heavy atom. The maximum atomic E-state index is 3.77. The van der Waals surface area contributed by atoms with Crippen LogP contribution >= 0.6 is 0 Å². The number of hydrogen-bond donors (Lipinski definition) is 1. The van der Waals surface area contributed by atoms with E-state index in [4.69, 9.17) is 0 Å². The van der Waals surface area contributed by atoms with Gasteiger partial charge in [0.1, 0.15) is 0 Å². The predicted octanol–water partition coefficient (Wildman–Crippen LogP) is 3.42. The van der Waals surface area contributed by atoms with Crippen molar-refractivity contribution in [1.29, 1.82) is 0 Å². The van der Waals surface area contributed by atoms with Crippen LogP contribution < -0.4 is 5.32 Å². The van der Waals surface area contributed by atoms with Crippen LogP contribution in [0.25, 0.3) is 0 Å². The van der Waals surface area contributed by atoms with E-state index in [1.54, 1.807) is 0 Å². The third-order valence-electron chi connectivity index (χ3n) is 5.58. The topological polar surface area (TPSA) is 15.3 Å². The second-order valence-electron chi connectivity index (χ2n) is 6.66. The van der Waals surface area contributed by atoms with Gasteiger partial charge in [-0.2, -0.15) is 0 Å². The minimum absolute atomic E-state index is 0.427. The molecule has 1 saturated heterocycles. The van der Waals surface area contributed by atoms with E-state index >= 15 is 0 Å². The van der Waals surface area contributed by atoms with Gasteiger partial charge in [-0.1, -0.05) is 20.3 Å². The summed E-state index contributed by atoms with van der Waals surface area (Å²) >= 11 is 0. The minimum Gasteiger partial charge on any atom is -0.310 e. The summed E-state index contributed by atoms with van der Waals surface area (Å²) in [6.07, 6.45) is 11.2. The summed E-state index contributed by atoms with van der Waals surface area (Å²) in [4.78, 5) is 2.66. The third kappa shape index (κ3) is 3.27. The quantitative estimate of drug-likeness (QED) is 0.806. The van der Waals surface area contributed by atoms with E-state index in [9.17, 15) is 0 Å². The summed E-state index contributed by atoms with van der Waals surface area (Å²) in [5.41, 5.74) is 0.427. The lowest BCUT2D eigenvalue weighted by molar-refractivity contribution is 0.125. The summed E-state index contributed by atoms with van der Waals surface area (Å²) in [6.45, 7) is 7.18. The van der Waals surface area contributed by atoms with E-state index in [0.29, 0.717) is 5.54 Å². The summed E-state index contributed by atoms with van der Waals surface area (Å²) in [5, 5.41) is 3.77. The molecular formula is C16H32N2. The van der Waals surface area contributed by atoms with Gasteiger partial charge >= 0.3 is 0 Å². The molecule has 1 aliphatic heterocycles. The fourth-order valence-electron chi connectivity index (χ4n) is 4.02. The molecular weight excluding hydrogens is 220 g/mol. The Hall–Kier alpha value is -0.0800. The lowest BCUT2D eigenvalue weighted by Crippen LogP contribution is -2.51. The van der Waals surface area contributed by atoms with Crippen molar-refractivity contribution in [1.82, 2.24) is 10.2 Å². The first-order chi connectivity index (χ1) is 8.69. The summed E-state index contributed by atoms with van der Waals surface area (Å²) in [7, 11) is 2.36. The van der Waals surface area contributed by atoms with Gasteiger partial charge in [-0.3, -0.25) is 0 Å². The highest BCUT2D eigenvalue weighted by atomic mass is 15.2. The average Bonchev–Trinajstić information content (AvgIpc) is 2.88. The van der Waals surface area contributed by atoms with E-state index in [2.05, 4.69) is 31.1 Å². The van der Waals surface area contributed by atoms with Crippen LogP contribution in [0.5, 0.6) is 0 Å². The molecule has 2 fully saturated rings. The van der Waals surface area contributed by atoms with Crippen LogP contribution in [0.3, 0.4) is 0 Å². The summed E-state index contributed by atoms with van der Waals surface area (Å²) < 4.78 is 0. The first-order valence-electron chi connectivity index (χ1n) is 8.14. The molecule has 0 aromatic rings. The van der Waals surface area contributed by atoms with Crippen LogP contribution in [0.15, 0.2) is 0 Å². The van der Waals surface area contributed by atoms with Crippen LogP contribution in [-0.4, -0.2) is 36.6 Å². The molecule has 0 aromatic carbocycles. The maximum Gasteiger partial charge on any atom is 0.0306 e. The van der Waals surface area contributed by atoms with Gasteiger partial charge in [0.05, 0.1) is 0 Å². The molecule has 2 aliphatic rings. The zero-order valence-electron chi connectivity index (χ0n) is 12.7. The van der Waals surface area contributed by atoms with Crippen molar-refractivity contribution in [2.75, 3.05) is 20.1 Å². The molecule has 1 unspecified atom stereocenters. The Bertz CT molecular complexity index is 237. The van der Waals surface area contributed by atoms with Gasteiger partial charge < -0.3 is 10.2 Å². The minimum atomic E-state index is 0.427. The average molecular weight is 252 g/mol. The third-order valence-corrected chi connectivity index (χ3v) is 5.58. The van der Waals surface area contributed by atoms with Gasteiger partial charge in [-0.25, -0.2) is 0 Å². The Labute approximate surface area is 114 Å². The van der Waals surface area contributed by atoms with Gasteiger partial charge in [0.2, 0.25) is 0 Å². The van der Waals surface area contributed by atoms with Crippen LogP contribution in [0.4, 0.5) is 0 Å². The molecule has 1 atom stereocenters. The fraction of sp³-hybridized carbons (Fsp3) is 1.00. The largest absolute Gasteiger partial charge is 0.310 e. The second kappa shape index (κ2) is 6.38. The summed E-state index contributed by atoms with van der Waals surface area (Å²) in [6, 6.07) is 0.846. The molecule has 2 rings (SSSR count). The molecule has 1 aliphatic carbocycles. The van der Waals surface area contributed by atoms with Crippen LogP contribution in [0, 0.1) is 5.92 Å². The predicted molar refractivity (Wildman–Crippen MR) is 78.9 cm³/mol. The number of likely N-dealkylation sites (N-methyl/N-ethyl adjacent to an activating group) is 1. The van der Waals surface area contributed by atoms with E-state index in [1.165, 1.54) is 64.5 Å². The van der Waals surface area contributed by atoms with Crippen molar-refractivity contribution in [3.8, 4) is 0 Å². The van der Waals surface area contributed by atoms with Gasteiger partial charge in [-0.15, -0.1) is 0 Å². The normalized spacial score (nSPS) is 37.3. The van der Waals surface area contributed by atoms with Crippen molar-refractivity contribution >= 4 is 0 Å². The lowest BCUT2D eigenvalue weighted by Gasteiger charge is -2.40. The van der Waals surface area contributed by atoms with Crippen LogP contribution in [0.1, 0.15) is 65.2 Å². The monoisotopic (exact) mass is 252 g/mol. The van der Waals surface area contributed by atoms with E-state index in [0.717, 1.165) is 12.0 Å².